The number of hydrogen-bond acceptors (Lipinski definition) is 5. The zero-order chi connectivity index (χ0) is 18.4. The van der Waals surface area contributed by atoms with E-state index in [1.807, 2.05) is 6.07 Å². The fourth-order valence-electron chi connectivity index (χ4n) is 4.01. The van der Waals surface area contributed by atoms with Crippen molar-refractivity contribution in [3.63, 3.8) is 0 Å². The largest absolute Gasteiger partial charge is 0.481 e. The molecule has 0 radical (unpaired) electrons. The maximum atomic E-state index is 12.0. The Morgan fingerprint density at radius 2 is 1.85 bits per heavy atom. The van der Waals surface area contributed by atoms with Crippen LogP contribution in [0.15, 0.2) is 18.3 Å². The summed E-state index contributed by atoms with van der Waals surface area (Å²) in [6, 6.07) is 3.65. The molecular weight excluding hydrogens is 332 g/mol. The van der Waals surface area contributed by atoms with Gasteiger partial charge in [0.25, 0.3) is 5.91 Å². The lowest BCUT2D eigenvalue weighted by Gasteiger charge is -2.38. The molecule has 2 aliphatic rings. The SMILES string of the molecule is O=C(O)CCNC(=O)c1ccc(N2CCC(C3CCNCC3)CC2)nc1. The summed E-state index contributed by atoms with van der Waals surface area (Å²) in [5, 5.41) is 14.6. The second-order valence-electron chi connectivity index (χ2n) is 7.22. The first-order valence-electron chi connectivity index (χ1n) is 9.55. The molecule has 7 heteroatoms. The summed E-state index contributed by atoms with van der Waals surface area (Å²) < 4.78 is 0. The fourth-order valence-corrected chi connectivity index (χ4v) is 4.01. The molecule has 3 heterocycles. The van der Waals surface area contributed by atoms with Crippen LogP contribution in [0.25, 0.3) is 0 Å². The molecule has 2 aliphatic heterocycles. The number of piperidine rings is 2. The predicted octanol–water partition coefficient (Wildman–Crippen LogP) is 1.50. The van der Waals surface area contributed by atoms with Crippen LogP contribution in [0.2, 0.25) is 0 Å². The summed E-state index contributed by atoms with van der Waals surface area (Å²) in [6.45, 7) is 4.47. The molecule has 3 N–H and O–H groups in total. The fraction of sp³-hybridized carbons (Fsp3) is 0.632. The second-order valence-corrected chi connectivity index (χ2v) is 7.22. The standard InChI is InChI=1S/C19H28N4O3/c24-18(25)5-10-21-19(26)16-1-2-17(22-13-16)23-11-6-15(7-12-23)14-3-8-20-9-4-14/h1-2,13-15,20H,3-12H2,(H,21,26)(H,24,25). The third-order valence-corrected chi connectivity index (χ3v) is 5.55. The van der Waals surface area contributed by atoms with E-state index in [4.69, 9.17) is 5.11 Å². The van der Waals surface area contributed by atoms with Gasteiger partial charge in [0.05, 0.1) is 12.0 Å². The van der Waals surface area contributed by atoms with E-state index in [0.717, 1.165) is 43.8 Å². The maximum absolute atomic E-state index is 12.0. The van der Waals surface area contributed by atoms with E-state index in [-0.39, 0.29) is 18.9 Å². The highest BCUT2D eigenvalue weighted by atomic mass is 16.4. The number of nitrogens with zero attached hydrogens (tertiary/aromatic N) is 2. The minimum atomic E-state index is -0.924. The monoisotopic (exact) mass is 360 g/mol. The van der Waals surface area contributed by atoms with E-state index >= 15 is 0 Å². The molecule has 0 unspecified atom stereocenters. The van der Waals surface area contributed by atoms with Crippen LogP contribution in [0.5, 0.6) is 0 Å². The molecule has 0 bridgehead atoms. The van der Waals surface area contributed by atoms with Crippen LogP contribution in [0, 0.1) is 11.8 Å². The summed E-state index contributed by atoms with van der Waals surface area (Å²) in [5.41, 5.74) is 0.462. The van der Waals surface area contributed by atoms with Crippen molar-refractivity contribution in [1.29, 1.82) is 0 Å². The van der Waals surface area contributed by atoms with Gasteiger partial charge in [-0.15, -0.1) is 0 Å². The normalized spacial score (nSPS) is 19.3. The Hall–Kier alpha value is -2.15. The van der Waals surface area contributed by atoms with Gasteiger partial charge in [0, 0.05) is 25.8 Å². The van der Waals surface area contributed by atoms with E-state index < -0.39 is 5.97 Å². The summed E-state index contributed by atoms with van der Waals surface area (Å²) in [7, 11) is 0. The van der Waals surface area contributed by atoms with Crippen LogP contribution in [0.4, 0.5) is 5.82 Å². The van der Waals surface area contributed by atoms with Gasteiger partial charge in [-0.3, -0.25) is 9.59 Å². The summed E-state index contributed by atoms with van der Waals surface area (Å²) in [6.07, 6.45) is 6.52. The highest BCUT2D eigenvalue weighted by molar-refractivity contribution is 5.94. The zero-order valence-electron chi connectivity index (χ0n) is 15.1. The Balaban J connectivity index is 1.48. The minimum Gasteiger partial charge on any atom is -0.481 e. The second kappa shape index (κ2) is 8.98. The third kappa shape index (κ3) is 4.94. The molecule has 0 aliphatic carbocycles. The quantitative estimate of drug-likeness (QED) is 0.712. The van der Waals surface area contributed by atoms with Crippen molar-refractivity contribution in [1.82, 2.24) is 15.6 Å². The molecule has 1 aromatic heterocycles. The van der Waals surface area contributed by atoms with Crippen LogP contribution in [0.3, 0.4) is 0 Å². The van der Waals surface area contributed by atoms with Crippen molar-refractivity contribution in [3.05, 3.63) is 23.9 Å². The van der Waals surface area contributed by atoms with Crippen LogP contribution >= 0.6 is 0 Å². The van der Waals surface area contributed by atoms with Crippen molar-refractivity contribution < 1.29 is 14.7 Å². The number of amides is 1. The molecule has 0 spiro atoms. The van der Waals surface area contributed by atoms with Gasteiger partial charge in [0.1, 0.15) is 5.82 Å². The van der Waals surface area contributed by atoms with E-state index in [1.165, 1.54) is 25.7 Å². The Kier molecular flexibility index (Phi) is 6.44. The number of aromatic nitrogens is 1. The molecule has 3 rings (SSSR count). The number of carboxylic acid groups (broad SMARTS) is 1. The number of carboxylic acids is 1. The Bertz CT molecular complexity index is 606. The lowest BCUT2D eigenvalue weighted by molar-refractivity contribution is -0.136. The number of rotatable bonds is 6. The number of pyridine rings is 1. The molecule has 1 aromatic rings. The van der Waals surface area contributed by atoms with Crippen molar-refractivity contribution in [2.75, 3.05) is 37.6 Å². The van der Waals surface area contributed by atoms with Gasteiger partial charge in [-0.1, -0.05) is 0 Å². The van der Waals surface area contributed by atoms with Crippen LogP contribution < -0.4 is 15.5 Å². The van der Waals surface area contributed by atoms with Crippen molar-refractivity contribution >= 4 is 17.7 Å². The predicted molar refractivity (Wildman–Crippen MR) is 99.4 cm³/mol. The van der Waals surface area contributed by atoms with Crippen LogP contribution in [-0.4, -0.2) is 54.7 Å². The van der Waals surface area contributed by atoms with E-state index in [0.29, 0.717) is 5.56 Å². The number of carbonyl (C=O) groups excluding carboxylic acids is 1. The lowest BCUT2D eigenvalue weighted by Crippen LogP contribution is -2.39. The van der Waals surface area contributed by atoms with Gasteiger partial charge in [0.2, 0.25) is 0 Å². The van der Waals surface area contributed by atoms with Gasteiger partial charge < -0.3 is 20.6 Å². The van der Waals surface area contributed by atoms with Gasteiger partial charge in [-0.2, -0.15) is 0 Å². The van der Waals surface area contributed by atoms with E-state index in [2.05, 4.69) is 20.5 Å². The van der Waals surface area contributed by atoms with Gasteiger partial charge in [-0.05, 0) is 62.7 Å². The number of carbonyl (C=O) groups is 2. The Morgan fingerprint density at radius 1 is 1.15 bits per heavy atom. The molecule has 2 fully saturated rings. The van der Waals surface area contributed by atoms with E-state index in [1.54, 1.807) is 12.3 Å². The molecular formula is C19H28N4O3. The van der Waals surface area contributed by atoms with Gasteiger partial charge in [-0.25, -0.2) is 4.98 Å². The molecule has 26 heavy (non-hydrogen) atoms. The molecule has 142 valence electrons. The van der Waals surface area contributed by atoms with Gasteiger partial charge in [0.15, 0.2) is 0 Å². The lowest BCUT2D eigenvalue weighted by atomic mass is 9.79. The summed E-state index contributed by atoms with van der Waals surface area (Å²) in [4.78, 5) is 29.2. The average Bonchev–Trinajstić information content (AvgIpc) is 2.68. The highest BCUT2D eigenvalue weighted by Gasteiger charge is 2.27. The Morgan fingerprint density at radius 3 is 2.46 bits per heavy atom. The van der Waals surface area contributed by atoms with Crippen molar-refractivity contribution in [3.8, 4) is 0 Å². The molecule has 0 saturated carbocycles. The first-order chi connectivity index (χ1) is 12.6. The van der Waals surface area contributed by atoms with Crippen LogP contribution in [-0.2, 0) is 4.79 Å². The zero-order valence-corrected chi connectivity index (χ0v) is 15.1. The molecule has 2 saturated heterocycles. The average molecular weight is 360 g/mol. The Labute approximate surface area is 154 Å². The third-order valence-electron chi connectivity index (χ3n) is 5.55. The maximum Gasteiger partial charge on any atom is 0.305 e. The highest BCUT2D eigenvalue weighted by Crippen LogP contribution is 2.31. The van der Waals surface area contributed by atoms with Crippen LogP contribution in [0.1, 0.15) is 42.5 Å². The topological polar surface area (TPSA) is 94.6 Å². The van der Waals surface area contributed by atoms with E-state index in [9.17, 15) is 9.59 Å². The van der Waals surface area contributed by atoms with Gasteiger partial charge >= 0.3 is 5.97 Å². The molecule has 7 nitrogen and oxygen atoms in total. The number of anilines is 1. The summed E-state index contributed by atoms with van der Waals surface area (Å²) in [5.74, 6) is 1.40. The molecule has 0 aromatic carbocycles. The minimum absolute atomic E-state index is 0.0801. The first kappa shape index (κ1) is 18.6. The summed E-state index contributed by atoms with van der Waals surface area (Å²) >= 11 is 0. The molecule has 1 amide bonds. The smallest absolute Gasteiger partial charge is 0.305 e. The first-order valence-corrected chi connectivity index (χ1v) is 9.55. The number of hydrogen-bond donors (Lipinski definition) is 3. The number of aliphatic carboxylic acids is 1. The van der Waals surface area contributed by atoms with Crippen molar-refractivity contribution in [2.24, 2.45) is 11.8 Å². The molecule has 0 atom stereocenters. The number of nitrogens with one attached hydrogen (secondary N) is 2. The van der Waals surface area contributed by atoms with Crippen molar-refractivity contribution in [2.45, 2.75) is 32.1 Å².